The van der Waals surface area contributed by atoms with Crippen LogP contribution >= 0.6 is 24.2 Å². The lowest BCUT2D eigenvalue weighted by Crippen LogP contribution is -2.37. The van der Waals surface area contributed by atoms with Gasteiger partial charge in [0.05, 0.1) is 0 Å². The molecule has 0 spiro atoms. The maximum atomic E-state index is 12.4. The van der Waals surface area contributed by atoms with Gasteiger partial charge in [-0.1, -0.05) is 48.5 Å². The number of carbonyl (C=O) groups excluding carboxylic acids is 1. The van der Waals surface area contributed by atoms with E-state index in [-0.39, 0.29) is 18.3 Å². The van der Waals surface area contributed by atoms with Gasteiger partial charge in [-0.15, -0.1) is 24.2 Å². The molecule has 2 N–H and O–H groups in total. The molecular weight excluding hydrogens is 340 g/mol. The molecule has 0 aliphatic carbocycles. The highest BCUT2D eigenvalue weighted by Crippen LogP contribution is 2.18. The van der Waals surface area contributed by atoms with Crippen LogP contribution in [-0.4, -0.2) is 36.2 Å². The number of hydrogen-bond acceptors (Lipinski definition) is 3. The van der Waals surface area contributed by atoms with Gasteiger partial charge >= 0.3 is 0 Å². The quantitative estimate of drug-likeness (QED) is 0.691. The molecule has 0 unspecified atom stereocenters. The van der Waals surface area contributed by atoms with E-state index in [9.17, 15) is 4.79 Å². The third kappa shape index (κ3) is 7.39. The van der Waals surface area contributed by atoms with Crippen molar-refractivity contribution >= 4 is 30.1 Å². The fourth-order valence-corrected chi connectivity index (χ4v) is 3.22. The minimum Gasteiger partial charge on any atom is -0.341 e. The standard InChI is InChI=1S/C19H24N2OS.ClH/c20-13-15-21(14-11-17-7-3-1-4-8-17)19(22)12-16-23-18-9-5-2-6-10-18;/h1-10H,11-16,20H2;1H. The van der Waals surface area contributed by atoms with Crippen LogP contribution < -0.4 is 5.73 Å². The van der Waals surface area contributed by atoms with Crippen LogP contribution in [0.2, 0.25) is 0 Å². The maximum absolute atomic E-state index is 12.4. The minimum atomic E-state index is 0. The monoisotopic (exact) mass is 364 g/mol. The van der Waals surface area contributed by atoms with Gasteiger partial charge in [-0.25, -0.2) is 0 Å². The van der Waals surface area contributed by atoms with E-state index >= 15 is 0 Å². The second kappa shape index (κ2) is 12.0. The van der Waals surface area contributed by atoms with Crippen molar-refractivity contribution in [1.82, 2.24) is 4.90 Å². The van der Waals surface area contributed by atoms with Crippen LogP contribution in [0.5, 0.6) is 0 Å². The van der Waals surface area contributed by atoms with E-state index in [2.05, 4.69) is 24.3 Å². The summed E-state index contributed by atoms with van der Waals surface area (Å²) in [5, 5.41) is 0. The Hall–Kier alpha value is -1.49. The molecule has 0 fully saturated rings. The Labute approximate surface area is 155 Å². The van der Waals surface area contributed by atoms with E-state index in [0.717, 1.165) is 18.7 Å². The van der Waals surface area contributed by atoms with Gasteiger partial charge in [-0.3, -0.25) is 4.79 Å². The Morgan fingerprint density at radius 3 is 2.21 bits per heavy atom. The maximum Gasteiger partial charge on any atom is 0.223 e. The molecule has 2 aromatic rings. The van der Waals surface area contributed by atoms with Gasteiger partial charge in [0.1, 0.15) is 0 Å². The number of thioether (sulfide) groups is 1. The topological polar surface area (TPSA) is 46.3 Å². The van der Waals surface area contributed by atoms with Crippen molar-refractivity contribution in [2.24, 2.45) is 5.73 Å². The highest BCUT2D eigenvalue weighted by atomic mass is 35.5. The third-order valence-corrected chi connectivity index (χ3v) is 4.61. The van der Waals surface area contributed by atoms with E-state index in [1.807, 2.05) is 41.3 Å². The number of halogens is 1. The van der Waals surface area contributed by atoms with Crippen molar-refractivity contribution in [1.29, 1.82) is 0 Å². The van der Waals surface area contributed by atoms with Gasteiger partial charge in [0.25, 0.3) is 0 Å². The van der Waals surface area contributed by atoms with E-state index in [0.29, 0.717) is 19.5 Å². The normalized spacial score (nSPS) is 10.0. The first kappa shape index (κ1) is 20.6. The number of rotatable bonds is 9. The van der Waals surface area contributed by atoms with Gasteiger partial charge in [0.15, 0.2) is 0 Å². The molecule has 0 saturated carbocycles. The molecule has 0 bridgehead atoms. The summed E-state index contributed by atoms with van der Waals surface area (Å²) in [6, 6.07) is 20.4. The van der Waals surface area contributed by atoms with E-state index in [1.54, 1.807) is 11.8 Å². The summed E-state index contributed by atoms with van der Waals surface area (Å²) in [6.45, 7) is 1.87. The zero-order valence-electron chi connectivity index (χ0n) is 13.8. The first-order valence-corrected chi connectivity index (χ1v) is 8.98. The minimum absolute atomic E-state index is 0. The summed E-state index contributed by atoms with van der Waals surface area (Å²) in [6.07, 6.45) is 1.42. The van der Waals surface area contributed by atoms with Crippen LogP contribution in [-0.2, 0) is 11.2 Å². The van der Waals surface area contributed by atoms with E-state index in [4.69, 9.17) is 5.73 Å². The van der Waals surface area contributed by atoms with Crippen LogP contribution in [0.25, 0.3) is 0 Å². The second-order valence-corrected chi connectivity index (χ2v) is 6.48. The van der Waals surface area contributed by atoms with Crippen molar-refractivity contribution in [2.75, 3.05) is 25.4 Å². The molecule has 0 saturated heterocycles. The average Bonchev–Trinajstić information content (AvgIpc) is 2.60. The second-order valence-electron chi connectivity index (χ2n) is 5.32. The summed E-state index contributed by atoms with van der Waals surface area (Å²) in [5.41, 5.74) is 6.91. The Balaban J connectivity index is 0.00000288. The van der Waals surface area contributed by atoms with Crippen LogP contribution in [0.15, 0.2) is 65.6 Å². The fourth-order valence-electron chi connectivity index (χ4n) is 2.36. The molecule has 2 rings (SSSR count). The molecule has 0 atom stereocenters. The summed E-state index contributed by atoms with van der Waals surface area (Å²) in [7, 11) is 0. The van der Waals surface area contributed by atoms with Crippen LogP contribution in [0.1, 0.15) is 12.0 Å². The molecule has 5 heteroatoms. The Morgan fingerprint density at radius 1 is 0.958 bits per heavy atom. The van der Waals surface area contributed by atoms with Crippen LogP contribution in [0, 0.1) is 0 Å². The predicted octanol–water partition coefficient (Wildman–Crippen LogP) is 3.62. The molecule has 3 nitrogen and oxygen atoms in total. The summed E-state index contributed by atoms with van der Waals surface area (Å²) in [4.78, 5) is 15.5. The van der Waals surface area contributed by atoms with Gasteiger partial charge in [-0.2, -0.15) is 0 Å². The number of nitrogens with two attached hydrogens (primary N) is 1. The largest absolute Gasteiger partial charge is 0.341 e. The predicted molar refractivity (Wildman–Crippen MR) is 105 cm³/mol. The lowest BCUT2D eigenvalue weighted by atomic mass is 10.1. The molecule has 24 heavy (non-hydrogen) atoms. The summed E-state index contributed by atoms with van der Waals surface area (Å²) in [5.74, 6) is 0.990. The van der Waals surface area contributed by atoms with Crippen molar-refractivity contribution in [2.45, 2.75) is 17.7 Å². The zero-order chi connectivity index (χ0) is 16.3. The number of nitrogens with zero attached hydrogens (tertiary/aromatic N) is 1. The third-order valence-electron chi connectivity index (χ3n) is 3.59. The number of carbonyl (C=O) groups is 1. The van der Waals surface area contributed by atoms with E-state index < -0.39 is 0 Å². The highest BCUT2D eigenvalue weighted by molar-refractivity contribution is 7.99. The molecule has 0 heterocycles. The van der Waals surface area contributed by atoms with Gasteiger partial charge < -0.3 is 10.6 Å². The van der Waals surface area contributed by atoms with Gasteiger partial charge in [-0.05, 0) is 24.1 Å². The Morgan fingerprint density at radius 2 is 1.58 bits per heavy atom. The highest BCUT2D eigenvalue weighted by Gasteiger charge is 2.12. The Kier molecular flexibility index (Phi) is 10.2. The van der Waals surface area contributed by atoms with Gasteiger partial charge in [0.2, 0.25) is 5.91 Å². The zero-order valence-corrected chi connectivity index (χ0v) is 15.4. The molecule has 0 aliphatic rings. The molecule has 0 radical (unpaired) electrons. The summed E-state index contributed by atoms with van der Waals surface area (Å²) >= 11 is 1.72. The first-order valence-electron chi connectivity index (χ1n) is 7.99. The van der Waals surface area contributed by atoms with Gasteiger partial charge in [0, 0.05) is 36.7 Å². The summed E-state index contributed by atoms with van der Waals surface area (Å²) < 4.78 is 0. The molecular formula is C19H25ClN2OS. The lowest BCUT2D eigenvalue weighted by Gasteiger charge is -2.22. The Bertz CT molecular complexity index is 580. The smallest absolute Gasteiger partial charge is 0.223 e. The van der Waals surface area contributed by atoms with Crippen molar-refractivity contribution in [3.8, 4) is 0 Å². The number of hydrogen-bond donors (Lipinski definition) is 1. The number of benzene rings is 2. The average molecular weight is 365 g/mol. The molecule has 2 aromatic carbocycles. The molecule has 1 amide bonds. The van der Waals surface area contributed by atoms with Crippen LogP contribution in [0.4, 0.5) is 0 Å². The molecule has 0 aromatic heterocycles. The van der Waals surface area contributed by atoms with Crippen molar-refractivity contribution in [3.05, 3.63) is 66.2 Å². The molecule has 130 valence electrons. The van der Waals surface area contributed by atoms with Crippen molar-refractivity contribution in [3.63, 3.8) is 0 Å². The first-order chi connectivity index (χ1) is 11.3. The molecule has 0 aliphatic heterocycles. The number of amides is 1. The lowest BCUT2D eigenvalue weighted by molar-refractivity contribution is -0.130. The fraction of sp³-hybridized carbons (Fsp3) is 0.316. The van der Waals surface area contributed by atoms with Crippen LogP contribution in [0.3, 0.4) is 0 Å². The SMILES string of the molecule is Cl.NCCN(CCc1ccccc1)C(=O)CCSc1ccccc1. The van der Waals surface area contributed by atoms with Crippen molar-refractivity contribution < 1.29 is 4.79 Å². The van der Waals surface area contributed by atoms with E-state index in [1.165, 1.54) is 10.5 Å².